The van der Waals surface area contributed by atoms with Gasteiger partial charge in [-0.2, -0.15) is 0 Å². The first-order valence-corrected chi connectivity index (χ1v) is 9.07. The molecule has 0 spiro atoms. The second kappa shape index (κ2) is 10.1. The maximum atomic E-state index is 12.1. The first-order valence-electron chi connectivity index (χ1n) is 8.69. The van der Waals surface area contributed by atoms with Crippen LogP contribution in [-0.2, 0) is 19.1 Å². The second-order valence-electron chi connectivity index (χ2n) is 5.99. The Labute approximate surface area is 158 Å². The fourth-order valence-electron chi connectivity index (χ4n) is 2.71. The van der Waals surface area contributed by atoms with Gasteiger partial charge in [0, 0.05) is 32.6 Å². The number of nitrogens with zero attached hydrogens (tertiary/aromatic N) is 2. The van der Waals surface area contributed by atoms with Gasteiger partial charge in [-0.15, -0.1) is 0 Å². The highest BCUT2D eigenvalue weighted by atomic mass is 35.5. The number of benzene rings is 1. The number of carbonyl (C=O) groups excluding carboxylic acids is 3. The van der Waals surface area contributed by atoms with Gasteiger partial charge in [0.05, 0.1) is 30.3 Å². The summed E-state index contributed by atoms with van der Waals surface area (Å²) in [6.45, 7) is 4.61. The largest absolute Gasteiger partial charge is 0.466 e. The molecule has 1 aliphatic rings. The molecule has 1 N–H and O–H groups in total. The van der Waals surface area contributed by atoms with Crippen LogP contribution >= 0.6 is 11.6 Å². The molecule has 1 fully saturated rings. The summed E-state index contributed by atoms with van der Waals surface area (Å²) < 4.78 is 4.83. The number of halogens is 1. The molecule has 142 valence electrons. The third-order valence-corrected chi connectivity index (χ3v) is 4.42. The molecule has 0 atom stereocenters. The minimum absolute atomic E-state index is 0.0572. The quantitative estimate of drug-likeness (QED) is 0.728. The molecule has 0 aliphatic carbocycles. The smallest absolute Gasteiger partial charge is 0.306 e. The van der Waals surface area contributed by atoms with Crippen molar-refractivity contribution in [3.63, 3.8) is 0 Å². The van der Waals surface area contributed by atoms with Crippen molar-refractivity contribution in [2.24, 2.45) is 0 Å². The number of hydrogen-bond acceptors (Lipinski definition) is 5. The number of nitrogens with one attached hydrogen (secondary N) is 1. The van der Waals surface area contributed by atoms with Gasteiger partial charge >= 0.3 is 5.97 Å². The molecule has 1 saturated heterocycles. The van der Waals surface area contributed by atoms with Crippen molar-refractivity contribution in [3.05, 3.63) is 29.3 Å². The van der Waals surface area contributed by atoms with Crippen molar-refractivity contribution in [2.75, 3.05) is 44.6 Å². The summed E-state index contributed by atoms with van der Waals surface area (Å²) in [5.41, 5.74) is 0.590. The first kappa shape index (κ1) is 20.2. The van der Waals surface area contributed by atoms with E-state index in [1.54, 1.807) is 30.0 Å². The predicted octanol–water partition coefficient (Wildman–Crippen LogP) is 1.77. The Morgan fingerprint density at radius 1 is 1.12 bits per heavy atom. The van der Waals surface area contributed by atoms with Crippen LogP contribution in [0.2, 0.25) is 5.02 Å². The van der Waals surface area contributed by atoms with E-state index in [1.807, 2.05) is 11.0 Å². The zero-order valence-corrected chi connectivity index (χ0v) is 15.6. The Balaban J connectivity index is 1.71. The molecule has 0 saturated carbocycles. The average Bonchev–Trinajstić information content (AvgIpc) is 2.62. The number of hydrogen-bond donors (Lipinski definition) is 1. The monoisotopic (exact) mass is 381 g/mol. The van der Waals surface area contributed by atoms with Crippen LogP contribution in [0.25, 0.3) is 0 Å². The molecule has 0 unspecified atom stereocenters. The molecule has 0 aromatic heterocycles. The second-order valence-corrected chi connectivity index (χ2v) is 6.40. The van der Waals surface area contributed by atoms with E-state index in [1.165, 1.54) is 0 Å². The van der Waals surface area contributed by atoms with Gasteiger partial charge in [0.25, 0.3) is 0 Å². The molecule has 7 nitrogen and oxygen atoms in total. The van der Waals surface area contributed by atoms with E-state index in [0.29, 0.717) is 43.5 Å². The van der Waals surface area contributed by atoms with Crippen molar-refractivity contribution in [3.8, 4) is 0 Å². The van der Waals surface area contributed by atoms with Crippen LogP contribution in [0.15, 0.2) is 24.3 Å². The fraction of sp³-hybridized carbons (Fsp3) is 0.500. The maximum absolute atomic E-state index is 12.1. The Morgan fingerprint density at radius 3 is 2.46 bits per heavy atom. The van der Waals surface area contributed by atoms with Gasteiger partial charge in [0.2, 0.25) is 11.8 Å². The fourth-order valence-corrected chi connectivity index (χ4v) is 2.89. The lowest BCUT2D eigenvalue weighted by molar-refractivity contribution is -0.146. The summed E-state index contributed by atoms with van der Waals surface area (Å²) in [4.78, 5) is 39.3. The number of piperazine rings is 1. The van der Waals surface area contributed by atoms with Gasteiger partial charge in [-0.25, -0.2) is 0 Å². The topological polar surface area (TPSA) is 79.0 Å². The lowest BCUT2D eigenvalue weighted by Gasteiger charge is -2.34. The minimum Gasteiger partial charge on any atom is -0.466 e. The number of esters is 1. The van der Waals surface area contributed by atoms with Crippen LogP contribution in [0.5, 0.6) is 0 Å². The van der Waals surface area contributed by atoms with E-state index >= 15 is 0 Å². The van der Waals surface area contributed by atoms with Crippen molar-refractivity contribution >= 4 is 35.1 Å². The predicted molar refractivity (Wildman–Crippen MR) is 99.0 cm³/mol. The van der Waals surface area contributed by atoms with E-state index in [4.69, 9.17) is 16.3 Å². The SMILES string of the molecule is CCOC(=O)CCC(=O)N1CCN(CC(=O)Nc2ccccc2Cl)CC1. The molecule has 1 heterocycles. The molecule has 2 amide bonds. The van der Waals surface area contributed by atoms with Crippen LogP contribution in [0.3, 0.4) is 0 Å². The van der Waals surface area contributed by atoms with Crippen LogP contribution < -0.4 is 5.32 Å². The third-order valence-electron chi connectivity index (χ3n) is 4.09. The zero-order valence-electron chi connectivity index (χ0n) is 14.9. The molecule has 0 radical (unpaired) electrons. The van der Waals surface area contributed by atoms with Crippen molar-refractivity contribution in [1.29, 1.82) is 0 Å². The molecule has 1 aromatic carbocycles. The van der Waals surface area contributed by atoms with Crippen LogP contribution in [0.1, 0.15) is 19.8 Å². The van der Waals surface area contributed by atoms with Crippen molar-refractivity contribution in [1.82, 2.24) is 9.80 Å². The van der Waals surface area contributed by atoms with E-state index in [0.717, 1.165) is 0 Å². The summed E-state index contributed by atoms with van der Waals surface area (Å²) in [5.74, 6) is -0.547. The molecular weight excluding hydrogens is 358 g/mol. The van der Waals surface area contributed by atoms with Gasteiger partial charge in [-0.3, -0.25) is 19.3 Å². The average molecular weight is 382 g/mol. The third kappa shape index (κ3) is 6.31. The highest BCUT2D eigenvalue weighted by Crippen LogP contribution is 2.20. The van der Waals surface area contributed by atoms with Gasteiger partial charge in [-0.05, 0) is 19.1 Å². The summed E-state index contributed by atoms with van der Waals surface area (Å²) in [7, 11) is 0. The van der Waals surface area contributed by atoms with Crippen molar-refractivity contribution < 1.29 is 19.1 Å². The van der Waals surface area contributed by atoms with E-state index in [2.05, 4.69) is 5.32 Å². The van der Waals surface area contributed by atoms with Gasteiger partial charge in [0.15, 0.2) is 0 Å². The maximum Gasteiger partial charge on any atom is 0.306 e. The normalized spacial score (nSPS) is 14.8. The Bertz CT molecular complexity index is 645. The number of ether oxygens (including phenoxy) is 1. The molecule has 2 rings (SSSR count). The Hall–Kier alpha value is -2.12. The van der Waals surface area contributed by atoms with Gasteiger partial charge < -0.3 is 15.0 Å². The molecule has 8 heteroatoms. The van der Waals surface area contributed by atoms with Crippen LogP contribution in [-0.4, -0.2) is 66.9 Å². The highest BCUT2D eigenvalue weighted by molar-refractivity contribution is 6.33. The van der Waals surface area contributed by atoms with Gasteiger partial charge in [-0.1, -0.05) is 23.7 Å². The summed E-state index contributed by atoms with van der Waals surface area (Å²) >= 11 is 6.03. The Kier molecular flexibility index (Phi) is 7.87. The molecule has 26 heavy (non-hydrogen) atoms. The molecule has 1 aromatic rings. The Morgan fingerprint density at radius 2 is 1.81 bits per heavy atom. The molecular formula is C18H24ClN3O4. The zero-order chi connectivity index (χ0) is 18.9. The number of anilines is 1. The minimum atomic E-state index is -0.351. The van der Waals surface area contributed by atoms with Gasteiger partial charge in [0.1, 0.15) is 0 Å². The number of rotatable bonds is 7. The summed E-state index contributed by atoms with van der Waals surface area (Å²) in [6.07, 6.45) is 0.263. The molecule has 0 bridgehead atoms. The lowest BCUT2D eigenvalue weighted by atomic mass is 10.2. The summed E-state index contributed by atoms with van der Waals surface area (Å²) in [6, 6.07) is 7.08. The van der Waals surface area contributed by atoms with Crippen LogP contribution in [0.4, 0.5) is 5.69 Å². The van der Waals surface area contributed by atoms with E-state index < -0.39 is 0 Å². The number of para-hydroxylation sites is 1. The van der Waals surface area contributed by atoms with E-state index in [9.17, 15) is 14.4 Å². The van der Waals surface area contributed by atoms with E-state index in [-0.39, 0.29) is 37.2 Å². The van der Waals surface area contributed by atoms with Crippen LogP contribution in [0, 0.1) is 0 Å². The number of carbonyl (C=O) groups is 3. The molecule has 1 aliphatic heterocycles. The number of amides is 2. The summed E-state index contributed by atoms with van der Waals surface area (Å²) in [5, 5.41) is 3.29. The van der Waals surface area contributed by atoms with Crippen molar-refractivity contribution in [2.45, 2.75) is 19.8 Å². The highest BCUT2D eigenvalue weighted by Gasteiger charge is 2.23. The standard InChI is InChI=1S/C18H24ClN3O4/c1-2-26-18(25)8-7-17(24)22-11-9-21(10-12-22)13-16(23)20-15-6-4-3-5-14(15)19/h3-6H,2,7-13H2,1H3,(H,20,23). The lowest BCUT2D eigenvalue weighted by Crippen LogP contribution is -2.50. The first-order chi connectivity index (χ1) is 12.5.